The van der Waals surface area contributed by atoms with E-state index in [0.717, 1.165) is 52.5 Å². The van der Waals surface area contributed by atoms with E-state index < -0.39 is 28.3 Å². The van der Waals surface area contributed by atoms with E-state index in [1.165, 1.54) is 11.1 Å². The fourth-order valence-electron chi connectivity index (χ4n) is 6.32. The van der Waals surface area contributed by atoms with Crippen LogP contribution in [0.2, 0.25) is 0 Å². The summed E-state index contributed by atoms with van der Waals surface area (Å²) < 4.78 is 32.7. The standard InChI is InChI=1S/C30H35N5O5S/c1-18-22(10-11-25-28(18)32-33-34(25)4)24(15-27(36)37)20-13-19-7-5-8-23(19)21(14-20)16-35-17-30(2,3)40-29-26(41(35,38)39)9-6-12-31-29/h6,9-14,24,38-39H,5,7-8,15-17H2,1-4H3,(H,36,37). The molecular weight excluding hydrogens is 542 g/mol. The summed E-state index contributed by atoms with van der Waals surface area (Å²) in [5.74, 6) is -1.06. The lowest BCUT2D eigenvalue weighted by atomic mass is 9.83. The molecule has 1 unspecified atom stereocenters. The molecule has 1 aliphatic heterocycles. The first-order valence-electron chi connectivity index (χ1n) is 13.8. The maximum atomic E-state index is 12.2. The monoisotopic (exact) mass is 577 g/mol. The molecule has 1 aliphatic carbocycles. The molecule has 2 aliphatic rings. The van der Waals surface area contributed by atoms with Gasteiger partial charge in [0, 0.05) is 25.7 Å². The van der Waals surface area contributed by atoms with Crippen LogP contribution in [-0.4, -0.2) is 56.6 Å². The van der Waals surface area contributed by atoms with Crippen LogP contribution in [0.15, 0.2) is 47.5 Å². The lowest BCUT2D eigenvalue weighted by Gasteiger charge is -2.42. The van der Waals surface area contributed by atoms with E-state index in [-0.39, 0.29) is 30.3 Å². The number of aromatic nitrogens is 4. The first-order chi connectivity index (χ1) is 19.4. The van der Waals surface area contributed by atoms with Gasteiger partial charge in [0.05, 0.1) is 18.5 Å². The van der Waals surface area contributed by atoms with E-state index in [1.54, 1.807) is 27.3 Å². The van der Waals surface area contributed by atoms with Gasteiger partial charge in [0.2, 0.25) is 5.88 Å². The van der Waals surface area contributed by atoms with Crippen LogP contribution in [0.3, 0.4) is 0 Å². The second-order valence-corrected chi connectivity index (χ2v) is 13.7. The summed E-state index contributed by atoms with van der Waals surface area (Å²) in [6.45, 7) is 6.34. The average Bonchev–Trinajstić information content (AvgIpc) is 3.52. The number of hydrogen-bond donors (Lipinski definition) is 3. The summed E-state index contributed by atoms with van der Waals surface area (Å²) in [5, 5.41) is 18.4. The number of pyridine rings is 1. The predicted molar refractivity (Wildman–Crippen MR) is 156 cm³/mol. The molecule has 0 bridgehead atoms. The number of aryl methyl sites for hydroxylation is 3. The molecule has 6 rings (SSSR count). The highest BCUT2D eigenvalue weighted by atomic mass is 32.3. The second-order valence-electron chi connectivity index (χ2n) is 11.7. The molecule has 10 nitrogen and oxygen atoms in total. The van der Waals surface area contributed by atoms with Gasteiger partial charge in [-0.1, -0.05) is 23.4 Å². The Morgan fingerprint density at radius 3 is 2.78 bits per heavy atom. The zero-order valence-corrected chi connectivity index (χ0v) is 24.5. The van der Waals surface area contributed by atoms with Crippen molar-refractivity contribution >= 4 is 27.8 Å². The summed E-state index contributed by atoms with van der Waals surface area (Å²) in [6, 6.07) is 11.5. The van der Waals surface area contributed by atoms with Crippen LogP contribution in [0.1, 0.15) is 66.0 Å². The van der Waals surface area contributed by atoms with Gasteiger partial charge < -0.3 is 9.84 Å². The Labute approximate surface area is 240 Å². The Morgan fingerprint density at radius 1 is 1.20 bits per heavy atom. The third-order valence-electron chi connectivity index (χ3n) is 8.23. The number of rotatable bonds is 6. The topological polar surface area (TPSA) is 134 Å². The van der Waals surface area contributed by atoms with Gasteiger partial charge in [-0.25, -0.2) is 9.67 Å². The number of nitrogens with zero attached hydrogens (tertiary/aromatic N) is 5. The van der Waals surface area contributed by atoms with E-state index in [0.29, 0.717) is 0 Å². The molecule has 3 heterocycles. The Balaban J connectivity index is 1.45. The maximum absolute atomic E-state index is 12.2. The highest BCUT2D eigenvalue weighted by molar-refractivity contribution is 8.22. The number of carboxylic acids is 1. The smallest absolute Gasteiger partial charge is 0.304 e. The van der Waals surface area contributed by atoms with Crippen molar-refractivity contribution in [1.82, 2.24) is 24.3 Å². The molecule has 0 saturated carbocycles. The Morgan fingerprint density at radius 2 is 2.00 bits per heavy atom. The molecule has 0 spiro atoms. The maximum Gasteiger partial charge on any atom is 0.304 e. The largest absolute Gasteiger partial charge is 0.481 e. The predicted octanol–water partition coefficient (Wildman–Crippen LogP) is 5.46. The molecular formula is C30H35N5O5S. The van der Waals surface area contributed by atoms with Crippen molar-refractivity contribution in [2.24, 2.45) is 7.05 Å². The molecule has 41 heavy (non-hydrogen) atoms. The van der Waals surface area contributed by atoms with Gasteiger partial charge in [-0.15, -0.1) is 15.9 Å². The number of benzene rings is 2. The molecule has 0 saturated heterocycles. The summed E-state index contributed by atoms with van der Waals surface area (Å²) in [4.78, 5) is 16.7. The minimum atomic E-state index is -3.40. The highest BCUT2D eigenvalue weighted by Gasteiger charge is 2.40. The average molecular weight is 578 g/mol. The van der Waals surface area contributed by atoms with Gasteiger partial charge >= 0.3 is 5.97 Å². The van der Waals surface area contributed by atoms with Crippen LogP contribution in [0, 0.1) is 6.92 Å². The van der Waals surface area contributed by atoms with Crippen molar-refractivity contribution in [2.75, 3.05) is 6.54 Å². The number of aliphatic carboxylic acids is 1. The molecule has 3 N–H and O–H groups in total. The fourth-order valence-corrected chi connectivity index (χ4v) is 8.00. The molecule has 4 aromatic rings. The minimum absolute atomic E-state index is 0.0797. The molecule has 0 amide bonds. The van der Waals surface area contributed by atoms with E-state index in [1.807, 2.05) is 40.0 Å². The van der Waals surface area contributed by atoms with Gasteiger partial charge in [0.25, 0.3) is 0 Å². The Kier molecular flexibility index (Phi) is 6.80. The van der Waals surface area contributed by atoms with E-state index in [2.05, 4.69) is 27.4 Å². The Hall–Kier alpha value is -3.51. The van der Waals surface area contributed by atoms with Crippen LogP contribution in [-0.2, 0) is 31.2 Å². The fraction of sp³-hybridized carbons (Fsp3) is 0.400. The summed E-state index contributed by atoms with van der Waals surface area (Å²) in [6.07, 6.45) is 4.29. The van der Waals surface area contributed by atoms with Gasteiger partial charge in [0.15, 0.2) is 0 Å². The SMILES string of the molecule is Cc1c(C(CC(=O)O)c2cc3c(c(CN4CC(C)(C)Oc5ncccc5S4(O)O)c2)CCC3)ccc2c1nnn2C. The highest BCUT2D eigenvalue weighted by Crippen LogP contribution is 2.58. The Bertz CT molecular complexity index is 1670. The zero-order chi connectivity index (χ0) is 29.1. The number of carboxylic acid groups (broad SMARTS) is 1. The first-order valence-corrected chi connectivity index (χ1v) is 15.3. The van der Waals surface area contributed by atoms with Crippen molar-refractivity contribution in [3.8, 4) is 5.88 Å². The van der Waals surface area contributed by atoms with E-state index in [4.69, 9.17) is 4.74 Å². The number of carbonyl (C=O) groups is 1. The van der Waals surface area contributed by atoms with Crippen LogP contribution < -0.4 is 4.74 Å². The van der Waals surface area contributed by atoms with Gasteiger partial charge in [-0.3, -0.25) is 13.9 Å². The minimum Gasteiger partial charge on any atom is -0.481 e. The summed E-state index contributed by atoms with van der Waals surface area (Å²) in [7, 11) is -1.57. The van der Waals surface area contributed by atoms with Crippen molar-refractivity contribution < 1.29 is 23.7 Å². The second kappa shape index (κ2) is 10.1. The molecule has 2 aromatic heterocycles. The van der Waals surface area contributed by atoms with Crippen molar-refractivity contribution in [3.05, 3.63) is 76.0 Å². The quantitative estimate of drug-likeness (QED) is 0.273. The molecule has 216 valence electrons. The van der Waals surface area contributed by atoms with Crippen LogP contribution in [0.25, 0.3) is 11.0 Å². The third-order valence-corrected chi connectivity index (χ3v) is 10.1. The van der Waals surface area contributed by atoms with E-state index >= 15 is 0 Å². The van der Waals surface area contributed by atoms with E-state index in [9.17, 15) is 19.0 Å². The third kappa shape index (κ3) is 4.97. The van der Waals surface area contributed by atoms with Crippen molar-refractivity contribution in [2.45, 2.75) is 69.4 Å². The van der Waals surface area contributed by atoms with Crippen LogP contribution >= 0.6 is 10.8 Å². The van der Waals surface area contributed by atoms with Gasteiger partial charge in [-0.05, 0) is 91.6 Å². The lowest BCUT2D eigenvalue weighted by molar-refractivity contribution is -0.137. The molecule has 1 atom stereocenters. The van der Waals surface area contributed by atoms with Crippen molar-refractivity contribution in [3.63, 3.8) is 0 Å². The number of ether oxygens (including phenoxy) is 1. The molecule has 2 aromatic carbocycles. The van der Waals surface area contributed by atoms with Crippen LogP contribution in [0.4, 0.5) is 0 Å². The number of fused-ring (bicyclic) bond motifs is 3. The molecule has 0 radical (unpaired) electrons. The van der Waals surface area contributed by atoms with Crippen LogP contribution in [0.5, 0.6) is 5.88 Å². The van der Waals surface area contributed by atoms with Crippen molar-refractivity contribution in [1.29, 1.82) is 0 Å². The zero-order valence-electron chi connectivity index (χ0n) is 23.7. The first kappa shape index (κ1) is 27.6. The molecule has 11 heteroatoms. The molecule has 0 fully saturated rings. The summed E-state index contributed by atoms with van der Waals surface area (Å²) in [5.41, 5.74) is 7.01. The normalized spacial score (nSPS) is 19.2. The van der Waals surface area contributed by atoms with Gasteiger partial charge in [-0.2, -0.15) is 4.31 Å². The number of hydrogen-bond acceptors (Lipinski definition) is 8. The van der Waals surface area contributed by atoms with Gasteiger partial charge in [0.1, 0.15) is 16.0 Å². The summed E-state index contributed by atoms with van der Waals surface area (Å²) >= 11 is 0. The lowest BCUT2D eigenvalue weighted by Crippen LogP contribution is -2.41.